The highest BCUT2D eigenvalue weighted by Gasteiger charge is 2.51. The molecule has 2 fully saturated rings. The summed E-state index contributed by atoms with van der Waals surface area (Å²) in [6, 6.07) is 9.58. The average molecular weight is 298 g/mol. The van der Waals surface area contributed by atoms with Crippen LogP contribution in [0.15, 0.2) is 30.3 Å². The van der Waals surface area contributed by atoms with Crippen molar-refractivity contribution < 1.29 is 9.59 Å². The molecule has 1 aromatic carbocycles. The fraction of sp³-hybridized carbons (Fsp3) is 0.357. The molecule has 112 valence electrons. The Morgan fingerprint density at radius 1 is 1.18 bits per heavy atom. The van der Waals surface area contributed by atoms with E-state index in [0.717, 1.165) is 5.69 Å². The fourth-order valence-electron chi connectivity index (χ4n) is 3.18. The van der Waals surface area contributed by atoms with E-state index in [4.69, 9.17) is 0 Å². The Bertz CT molecular complexity index is 743. The second-order valence-electron chi connectivity index (χ2n) is 5.73. The van der Waals surface area contributed by atoms with Crippen molar-refractivity contribution in [1.29, 1.82) is 0 Å². The van der Waals surface area contributed by atoms with Crippen LogP contribution in [0.1, 0.15) is 12.8 Å². The number of hydrogen-bond donors (Lipinski definition) is 1. The monoisotopic (exact) mass is 298 g/mol. The predicted molar refractivity (Wildman–Crippen MR) is 76.2 cm³/mol. The summed E-state index contributed by atoms with van der Waals surface area (Å²) in [5.74, 6) is 0.212. The third kappa shape index (κ3) is 1.87. The minimum absolute atomic E-state index is 0.182. The van der Waals surface area contributed by atoms with E-state index in [-0.39, 0.29) is 18.2 Å². The molecule has 1 aromatic heterocycles. The zero-order valence-corrected chi connectivity index (χ0v) is 11.8. The van der Waals surface area contributed by atoms with Gasteiger partial charge >= 0.3 is 0 Å². The summed E-state index contributed by atoms with van der Waals surface area (Å²) in [7, 11) is 0. The van der Waals surface area contributed by atoms with Crippen LogP contribution in [-0.2, 0) is 9.59 Å². The zero-order chi connectivity index (χ0) is 15.2. The van der Waals surface area contributed by atoms with E-state index in [9.17, 15) is 9.59 Å². The van der Waals surface area contributed by atoms with Crippen LogP contribution in [0.4, 0.5) is 5.95 Å². The van der Waals surface area contributed by atoms with Crippen molar-refractivity contribution in [2.45, 2.75) is 12.8 Å². The van der Waals surface area contributed by atoms with E-state index in [1.165, 1.54) is 0 Å². The first-order valence-corrected chi connectivity index (χ1v) is 7.11. The molecule has 22 heavy (non-hydrogen) atoms. The van der Waals surface area contributed by atoms with E-state index in [0.29, 0.717) is 25.5 Å². The number of hydrogen-bond acceptors (Lipinski definition) is 6. The molecule has 2 aromatic rings. The number of anilines is 1. The minimum atomic E-state index is -0.634. The largest absolute Gasteiger partial charge is 0.338 e. The number of para-hydroxylation sites is 1. The molecule has 2 saturated heterocycles. The Kier molecular flexibility index (Phi) is 2.72. The van der Waals surface area contributed by atoms with Gasteiger partial charge in [-0.2, -0.15) is 4.68 Å². The summed E-state index contributed by atoms with van der Waals surface area (Å²) in [4.78, 5) is 25.5. The molecule has 1 N–H and O–H groups in total. The Morgan fingerprint density at radius 2 is 2.00 bits per heavy atom. The Balaban J connectivity index is 1.64. The van der Waals surface area contributed by atoms with Gasteiger partial charge < -0.3 is 4.90 Å². The van der Waals surface area contributed by atoms with Crippen molar-refractivity contribution in [3.63, 3.8) is 0 Å². The summed E-state index contributed by atoms with van der Waals surface area (Å²) in [6.07, 6.45) is 0.876. The third-order valence-corrected chi connectivity index (χ3v) is 4.32. The molecule has 0 bridgehead atoms. The van der Waals surface area contributed by atoms with Gasteiger partial charge in [0.25, 0.3) is 0 Å². The van der Waals surface area contributed by atoms with Crippen molar-refractivity contribution in [1.82, 2.24) is 25.5 Å². The molecule has 0 radical (unpaired) electrons. The number of carbonyl (C=O) groups is 2. The molecule has 0 unspecified atom stereocenters. The molecule has 2 amide bonds. The van der Waals surface area contributed by atoms with Gasteiger partial charge in [-0.15, -0.1) is 0 Å². The maximum absolute atomic E-state index is 12.1. The molecule has 8 heteroatoms. The van der Waals surface area contributed by atoms with Gasteiger partial charge in [-0.25, -0.2) is 0 Å². The molecule has 2 aliphatic heterocycles. The van der Waals surface area contributed by atoms with E-state index >= 15 is 0 Å². The summed E-state index contributed by atoms with van der Waals surface area (Å²) in [6.45, 7) is 1.10. The van der Waals surface area contributed by atoms with Gasteiger partial charge in [0.05, 0.1) is 11.1 Å². The number of benzene rings is 1. The van der Waals surface area contributed by atoms with Gasteiger partial charge in [0.2, 0.25) is 17.8 Å². The maximum atomic E-state index is 12.1. The second-order valence-corrected chi connectivity index (χ2v) is 5.73. The van der Waals surface area contributed by atoms with Crippen molar-refractivity contribution in [3.8, 4) is 5.69 Å². The first-order chi connectivity index (χ1) is 10.7. The molecular formula is C14H14N6O2. The number of imide groups is 1. The first-order valence-electron chi connectivity index (χ1n) is 7.11. The number of aromatic nitrogens is 4. The SMILES string of the molecule is O=C1C[C@@]2(CCN(c3nnnn3-c3ccccc3)C2)C(=O)N1. The lowest BCUT2D eigenvalue weighted by Gasteiger charge is -2.20. The van der Waals surface area contributed by atoms with Crippen LogP contribution in [0.3, 0.4) is 0 Å². The lowest BCUT2D eigenvalue weighted by atomic mass is 9.85. The van der Waals surface area contributed by atoms with Gasteiger partial charge in [0.15, 0.2) is 0 Å². The fourth-order valence-corrected chi connectivity index (χ4v) is 3.18. The molecular weight excluding hydrogens is 284 g/mol. The number of nitrogens with one attached hydrogen (secondary N) is 1. The number of tetrazole rings is 1. The van der Waals surface area contributed by atoms with E-state index < -0.39 is 5.41 Å². The smallest absolute Gasteiger partial charge is 0.250 e. The van der Waals surface area contributed by atoms with Crippen LogP contribution in [-0.4, -0.2) is 45.1 Å². The molecule has 0 aliphatic carbocycles. The molecule has 4 rings (SSSR count). The Morgan fingerprint density at radius 3 is 2.73 bits per heavy atom. The lowest BCUT2D eigenvalue weighted by Crippen LogP contribution is -2.35. The number of nitrogens with zero attached hydrogens (tertiary/aromatic N) is 5. The normalized spacial score (nSPS) is 24.3. The molecule has 8 nitrogen and oxygen atoms in total. The third-order valence-electron chi connectivity index (χ3n) is 4.32. The molecule has 0 saturated carbocycles. The first kappa shape index (κ1) is 12.9. The topological polar surface area (TPSA) is 93.0 Å². The maximum Gasteiger partial charge on any atom is 0.250 e. The lowest BCUT2D eigenvalue weighted by molar-refractivity contribution is -0.127. The molecule has 2 aliphatic rings. The Hall–Kier alpha value is -2.77. The summed E-state index contributed by atoms with van der Waals surface area (Å²) in [5.41, 5.74) is 0.222. The van der Waals surface area contributed by atoms with Crippen molar-refractivity contribution >= 4 is 17.8 Å². The molecule has 1 spiro atoms. The zero-order valence-electron chi connectivity index (χ0n) is 11.8. The quantitative estimate of drug-likeness (QED) is 0.779. The van der Waals surface area contributed by atoms with Crippen molar-refractivity contribution in [2.24, 2.45) is 5.41 Å². The van der Waals surface area contributed by atoms with Crippen LogP contribution >= 0.6 is 0 Å². The summed E-state index contributed by atoms with van der Waals surface area (Å²) in [5, 5.41) is 14.3. The predicted octanol–water partition coefficient (Wildman–Crippen LogP) is -0.0947. The van der Waals surface area contributed by atoms with Crippen molar-refractivity contribution in [3.05, 3.63) is 30.3 Å². The standard InChI is InChI=1S/C14H14N6O2/c21-11-8-14(12(22)15-11)6-7-19(9-14)13-16-17-18-20(13)10-4-2-1-3-5-10/h1-5H,6-9H2,(H,15,21,22)/t14-/m1/s1. The highest BCUT2D eigenvalue weighted by Crippen LogP contribution is 2.39. The van der Waals surface area contributed by atoms with Gasteiger partial charge in [0.1, 0.15) is 0 Å². The highest BCUT2D eigenvalue weighted by atomic mass is 16.2. The van der Waals surface area contributed by atoms with Gasteiger partial charge in [-0.3, -0.25) is 14.9 Å². The van der Waals surface area contributed by atoms with Crippen LogP contribution in [0.25, 0.3) is 5.69 Å². The van der Waals surface area contributed by atoms with E-state index in [2.05, 4.69) is 20.8 Å². The number of carbonyl (C=O) groups excluding carboxylic acids is 2. The van der Waals surface area contributed by atoms with Gasteiger partial charge in [-0.1, -0.05) is 23.3 Å². The van der Waals surface area contributed by atoms with Crippen LogP contribution in [0.5, 0.6) is 0 Å². The van der Waals surface area contributed by atoms with Crippen molar-refractivity contribution in [2.75, 3.05) is 18.0 Å². The van der Waals surface area contributed by atoms with Crippen LogP contribution < -0.4 is 10.2 Å². The van der Waals surface area contributed by atoms with Crippen LogP contribution in [0.2, 0.25) is 0 Å². The molecule has 1 atom stereocenters. The van der Waals surface area contributed by atoms with Gasteiger partial charge in [0, 0.05) is 19.5 Å². The minimum Gasteiger partial charge on any atom is -0.338 e. The highest BCUT2D eigenvalue weighted by molar-refractivity contribution is 6.06. The molecule has 3 heterocycles. The van der Waals surface area contributed by atoms with Crippen LogP contribution in [0, 0.1) is 5.41 Å². The van der Waals surface area contributed by atoms with E-state index in [1.54, 1.807) is 4.68 Å². The summed E-state index contributed by atoms with van der Waals surface area (Å²) < 4.78 is 1.65. The van der Waals surface area contributed by atoms with Gasteiger partial charge in [-0.05, 0) is 29.0 Å². The van der Waals surface area contributed by atoms with E-state index in [1.807, 2.05) is 35.2 Å². The second kappa shape index (κ2) is 4.62. The Labute approximate surface area is 126 Å². The summed E-state index contributed by atoms with van der Waals surface area (Å²) >= 11 is 0. The number of rotatable bonds is 2. The number of amides is 2. The average Bonchev–Trinajstić information content (AvgIpc) is 3.20.